The average molecular weight is 715 g/mol. The van der Waals surface area contributed by atoms with Crippen molar-refractivity contribution in [3.63, 3.8) is 0 Å². The maximum absolute atomic E-state index is 15.2. The number of halogens is 3. The number of likely N-dealkylation sites (tertiary alicyclic amines) is 1. The molecule has 266 valence electrons. The highest BCUT2D eigenvalue weighted by Gasteiger charge is 2.33. The van der Waals surface area contributed by atoms with Crippen molar-refractivity contribution >= 4 is 27.8 Å². The van der Waals surface area contributed by atoms with Gasteiger partial charge >= 0.3 is 6.09 Å². The van der Waals surface area contributed by atoms with Crippen molar-refractivity contribution in [2.75, 3.05) is 36.8 Å². The van der Waals surface area contributed by atoms with E-state index in [9.17, 15) is 13.2 Å². The molecule has 50 heavy (non-hydrogen) atoms. The van der Waals surface area contributed by atoms with Crippen LogP contribution in [0.3, 0.4) is 0 Å². The van der Waals surface area contributed by atoms with Crippen molar-refractivity contribution < 1.29 is 40.6 Å². The van der Waals surface area contributed by atoms with E-state index in [2.05, 4.69) is 20.3 Å². The molecule has 0 aliphatic carbocycles. The molecule has 0 radical (unpaired) electrons. The number of methoxy groups -OCH3 is 1. The van der Waals surface area contributed by atoms with E-state index in [0.29, 0.717) is 37.7 Å². The van der Waals surface area contributed by atoms with Crippen LogP contribution in [-0.2, 0) is 25.2 Å². The van der Waals surface area contributed by atoms with Gasteiger partial charge in [0.1, 0.15) is 11.3 Å². The summed E-state index contributed by atoms with van der Waals surface area (Å²) >= 11 is 0. The number of carbonyl (C=O) groups excluding carboxylic acids is 1. The lowest BCUT2D eigenvalue weighted by atomic mass is 9.95. The summed E-state index contributed by atoms with van der Waals surface area (Å²) in [6.07, 6.45) is 3.00. The first-order valence-electron chi connectivity index (χ1n) is 15.6. The summed E-state index contributed by atoms with van der Waals surface area (Å²) in [7, 11) is -2.71. The van der Waals surface area contributed by atoms with Gasteiger partial charge in [-0.15, -0.1) is 0 Å². The number of benzene rings is 2. The van der Waals surface area contributed by atoms with Crippen molar-refractivity contribution in [3.8, 4) is 22.9 Å². The van der Waals surface area contributed by atoms with E-state index >= 15 is 13.2 Å². The van der Waals surface area contributed by atoms with Crippen LogP contribution in [0, 0.1) is 23.4 Å². The SMILES string of the molecule is COCC1CC(Nc2nccc(-c3cccnc3Oc3cc(F)c(NS(=O)(=O)Cc4ccccc4)c(F)c3F)n2)CN(C(=O)OC(C)(C)C)C1. The van der Waals surface area contributed by atoms with Crippen LogP contribution in [0.2, 0.25) is 0 Å². The molecule has 4 aromatic rings. The minimum absolute atomic E-state index is 0.0153. The summed E-state index contributed by atoms with van der Waals surface area (Å²) < 4.78 is 88.9. The zero-order valence-corrected chi connectivity index (χ0v) is 28.6. The Hall–Kier alpha value is -4.96. The highest BCUT2D eigenvalue weighted by Crippen LogP contribution is 2.36. The minimum atomic E-state index is -4.30. The van der Waals surface area contributed by atoms with Gasteiger partial charge in [0.2, 0.25) is 27.7 Å². The van der Waals surface area contributed by atoms with E-state index in [4.69, 9.17) is 14.2 Å². The summed E-state index contributed by atoms with van der Waals surface area (Å²) in [5.74, 6) is -6.29. The van der Waals surface area contributed by atoms with E-state index in [1.165, 1.54) is 24.5 Å². The van der Waals surface area contributed by atoms with Gasteiger partial charge in [-0.3, -0.25) is 4.72 Å². The van der Waals surface area contributed by atoms with Crippen LogP contribution in [0.1, 0.15) is 32.8 Å². The maximum Gasteiger partial charge on any atom is 0.410 e. The number of nitrogens with one attached hydrogen (secondary N) is 2. The van der Waals surface area contributed by atoms with Crippen molar-refractivity contribution in [1.29, 1.82) is 0 Å². The van der Waals surface area contributed by atoms with Crippen LogP contribution >= 0.6 is 0 Å². The zero-order chi connectivity index (χ0) is 36.1. The second-order valence-corrected chi connectivity index (χ2v) is 14.4. The molecule has 0 saturated carbocycles. The van der Waals surface area contributed by atoms with Gasteiger partial charge in [-0.05, 0) is 51.0 Å². The van der Waals surface area contributed by atoms with Crippen LogP contribution in [0.15, 0.2) is 67.0 Å². The van der Waals surface area contributed by atoms with Gasteiger partial charge in [0.25, 0.3) is 0 Å². The van der Waals surface area contributed by atoms with E-state index in [-0.39, 0.29) is 35.0 Å². The molecule has 2 atom stereocenters. The molecule has 2 unspecified atom stereocenters. The first-order valence-corrected chi connectivity index (χ1v) is 17.3. The lowest BCUT2D eigenvalue weighted by molar-refractivity contribution is 0.00917. The van der Waals surface area contributed by atoms with Gasteiger partial charge in [-0.2, -0.15) is 4.39 Å². The molecule has 1 amide bonds. The number of amides is 1. The Morgan fingerprint density at radius 1 is 1.00 bits per heavy atom. The van der Waals surface area contributed by atoms with Gasteiger partial charge < -0.3 is 24.4 Å². The molecule has 1 saturated heterocycles. The van der Waals surface area contributed by atoms with Gasteiger partial charge in [0.15, 0.2) is 17.4 Å². The molecule has 1 fully saturated rings. The fraction of sp³-hybridized carbons (Fsp3) is 0.353. The summed E-state index contributed by atoms with van der Waals surface area (Å²) in [5.41, 5.74) is -0.965. The second kappa shape index (κ2) is 15.3. The highest BCUT2D eigenvalue weighted by molar-refractivity contribution is 7.91. The number of ether oxygens (including phenoxy) is 3. The van der Waals surface area contributed by atoms with Gasteiger partial charge in [-0.1, -0.05) is 30.3 Å². The molecule has 2 aromatic heterocycles. The van der Waals surface area contributed by atoms with Gasteiger partial charge in [-0.25, -0.2) is 36.9 Å². The molecule has 16 heteroatoms. The molecule has 0 bridgehead atoms. The predicted octanol–water partition coefficient (Wildman–Crippen LogP) is 6.37. The number of aromatic nitrogens is 3. The fourth-order valence-corrected chi connectivity index (χ4v) is 6.60. The Bertz CT molecular complexity index is 1930. The Labute approximate surface area is 288 Å². The molecule has 5 rings (SSSR count). The Morgan fingerprint density at radius 3 is 2.48 bits per heavy atom. The number of carbonyl (C=O) groups is 1. The van der Waals surface area contributed by atoms with Crippen LogP contribution in [0.4, 0.5) is 29.6 Å². The smallest absolute Gasteiger partial charge is 0.410 e. The normalized spacial score (nSPS) is 16.5. The lowest BCUT2D eigenvalue weighted by Gasteiger charge is -2.38. The third-order valence-corrected chi connectivity index (χ3v) is 8.64. The minimum Gasteiger partial charge on any atom is -0.444 e. The molecule has 12 nitrogen and oxygen atoms in total. The highest BCUT2D eigenvalue weighted by atomic mass is 32.2. The summed E-state index contributed by atoms with van der Waals surface area (Å²) in [6, 6.07) is 12.9. The Balaban J connectivity index is 1.35. The monoisotopic (exact) mass is 714 g/mol. The Morgan fingerprint density at radius 2 is 1.76 bits per heavy atom. The van der Waals surface area contributed by atoms with E-state index < -0.39 is 56.4 Å². The molecular formula is C34H37F3N6O6S. The average Bonchev–Trinajstić information content (AvgIpc) is 3.05. The van der Waals surface area contributed by atoms with E-state index in [0.717, 1.165) is 0 Å². The van der Waals surface area contributed by atoms with Crippen LogP contribution < -0.4 is 14.8 Å². The van der Waals surface area contributed by atoms with Crippen LogP contribution in [0.5, 0.6) is 11.6 Å². The second-order valence-electron chi connectivity index (χ2n) is 12.7. The zero-order valence-electron chi connectivity index (χ0n) is 27.8. The van der Waals surface area contributed by atoms with Crippen molar-refractivity contribution in [3.05, 3.63) is 90.0 Å². The quantitative estimate of drug-likeness (QED) is 0.168. The molecule has 1 aliphatic rings. The van der Waals surface area contributed by atoms with Crippen LogP contribution in [-0.4, -0.2) is 72.8 Å². The lowest BCUT2D eigenvalue weighted by Crippen LogP contribution is -2.51. The first-order chi connectivity index (χ1) is 23.7. The van der Waals surface area contributed by atoms with E-state index in [1.807, 2.05) is 0 Å². The fourth-order valence-electron chi connectivity index (χ4n) is 5.40. The number of hydrogen-bond acceptors (Lipinski definition) is 10. The number of pyridine rings is 1. The predicted molar refractivity (Wildman–Crippen MR) is 180 cm³/mol. The number of hydrogen-bond donors (Lipinski definition) is 2. The number of anilines is 2. The maximum atomic E-state index is 15.2. The number of nitrogens with zero attached hydrogens (tertiary/aromatic N) is 4. The topological polar surface area (TPSA) is 145 Å². The largest absolute Gasteiger partial charge is 0.444 e. The standard InChI is InChI=1S/C34H37F3N6O6S/c1-34(2,3)49-33(44)43-17-22(19-47-4)15-23(18-43)40-32-39-14-12-26(41-32)24-11-8-13-38-31(24)48-27-16-25(35)30(29(37)28(27)36)42-50(45,46)20-21-9-6-5-7-10-21/h5-14,16,22-23,42H,15,17-20H2,1-4H3,(H,39,40,41). The molecule has 2 aromatic carbocycles. The van der Waals surface area contributed by atoms with Gasteiger partial charge in [0.05, 0.1) is 23.6 Å². The molecule has 2 N–H and O–H groups in total. The molecular weight excluding hydrogens is 677 g/mol. The summed E-state index contributed by atoms with van der Waals surface area (Å²) in [5, 5.41) is 3.26. The van der Waals surface area contributed by atoms with Crippen molar-refractivity contribution in [2.45, 2.75) is 44.6 Å². The third-order valence-electron chi connectivity index (χ3n) is 7.42. The van der Waals surface area contributed by atoms with Crippen molar-refractivity contribution in [2.24, 2.45) is 5.92 Å². The van der Waals surface area contributed by atoms with Crippen LogP contribution in [0.25, 0.3) is 11.3 Å². The van der Waals surface area contributed by atoms with E-state index in [1.54, 1.807) is 73.9 Å². The Kier molecular flexibility index (Phi) is 11.1. The summed E-state index contributed by atoms with van der Waals surface area (Å²) in [4.78, 5) is 27.5. The van der Waals surface area contributed by atoms with Gasteiger partial charge in [0, 0.05) is 50.6 Å². The third kappa shape index (κ3) is 9.38. The number of rotatable bonds is 11. The molecule has 0 spiro atoms. The number of sulfonamides is 1. The number of piperidine rings is 1. The molecule has 1 aliphatic heterocycles. The molecule has 3 heterocycles. The summed E-state index contributed by atoms with van der Waals surface area (Å²) in [6.45, 7) is 6.58. The van der Waals surface area contributed by atoms with Crippen molar-refractivity contribution in [1.82, 2.24) is 19.9 Å². The first kappa shape index (κ1) is 36.3.